The molecule has 0 amide bonds. The summed E-state index contributed by atoms with van der Waals surface area (Å²) in [7, 11) is 1.21. The van der Waals surface area contributed by atoms with Gasteiger partial charge >= 0.3 is 11.7 Å². The molecule has 0 aliphatic heterocycles. The maximum atomic E-state index is 11.5. The number of benzene rings is 1. The van der Waals surface area contributed by atoms with E-state index in [-0.39, 0.29) is 23.6 Å². The van der Waals surface area contributed by atoms with Crippen molar-refractivity contribution >= 4 is 34.2 Å². The zero-order chi connectivity index (χ0) is 13.0. The third-order valence-corrected chi connectivity index (χ3v) is 2.55. The zero-order valence-corrected chi connectivity index (χ0v) is 11.4. The molecule has 1 aromatic carbocycles. The van der Waals surface area contributed by atoms with E-state index in [0.29, 0.717) is 3.57 Å². The number of carbonyl (C=O) groups is 1. The monoisotopic (exact) mass is 351 g/mol. The van der Waals surface area contributed by atoms with Crippen LogP contribution in [-0.2, 0) is 4.74 Å². The molecular formula is C10H10INO5. The van der Waals surface area contributed by atoms with E-state index in [1.807, 2.05) is 22.6 Å². The van der Waals surface area contributed by atoms with Crippen LogP contribution < -0.4 is 4.74 Å². The van der Waals surface area contributed by atoms with Crippen molar-refractivity contribution in [3.05, 3.63) is 31.4 Å². The van der Waals surface area contributed by atoms with Crippen LogP contribution in [0.15, 0.2) is 12.1 Å². The molecule has 6 nitrogen and oxygen atoms in total. The summed E-state index contributed by atoms with van der Waals surface area (Å²) < 4.78 is 10.3. The molecular weight excluding hydrogens is 341 g/mol. The molecule has 0 aliphatic rings. The number of methoxy groups -OCH3 is 1. The van der Waals surface area contributed by atoms with E-state index in [9.17, 15) is 14.9 Å². The molecule has 0 bridgehead atoms. The number of esters is 1. The molecule has 1 rings (SSSR count). The molecule has 0 unspecified atom stereocenters. The van der Waals surface area contributed by atoms with Crippen LogP contribution in [0.1, 0.15) is 17.3 Å². The number of hydrogen-bond acceptors (Lipinski definition) is 5. The molecule has 17 heavy (non-hydrogen) atoms. The predicted molar refractivity (Wildman–Crippen MR) is 68.3 cm³/mol. The zero-order valence-electron chi connectivity index (χ0n) is 9.23. The van der Waals surface area contributed by atoms with Crippen molar-refractivity contribution in [3.8, 4) is 5.75 Å². The topological polar surface area (TPSA) is 78.7 Å². The Bertz CT molecular complexity index is 460. The second-order valence-corrected chi connectivity index (χ2v) is 4.23. The van der Waals surface area contributed by atoms with Gasteiger partial charge in [0.2, 0.25) is 5.75 Å². The van der Waals surface area contributed by atoms with Crippen molar-refractivity contribution in [3.63, 3.8) is 0 Å². The van der Waals surface area contributed by atoms with Gasteiger partial charge in [-0.05, 0) is 35.6 Å². The Morgan fingerprint density at radius 3 is 2.65 bits per heavy atom. The largest absolute Gasteiger partial charge is 0.487 e. The summed E-state index contributed by atoms with van der Waals surface area (Å²) in [5, 5.41) is 10.9. The van der Waals surface area contributed by atoms with E-state index in [0.717, 1.165) is 0 Å². The average molecular weight is 351 g/mol. The van der Waals surface area contributed by atoms with Crippen LogP contribution in [0.25, 0.3) is 0 Å². The van der Waals surface area contributed by atoms with Crippen LogP contribution >= 0.6 is 22.6 Å². The lowest BCUT2D eigenvalue weighted by molar-refractivity contribution is -0.386. The van der Waals surface area contributed by atoms with Gasteiger partial charge < -0.3 is 9.47 Å². The number of nitro benzene ring substituents is 1. The van der Waals surface area contributed by atoms with Crippen molar-refractivity contribution in [1.82, 2.24) is 0 Å². The molecule has 0 aliphatic carbocycles. The fourth-order valence-corrected chi connectivity index (χ4v) is 1.88. The lowest BCUT2D eigenvalue weighted by Crippen LogP contribution is -2.08. The van der Waals surface area contributed by atoms with Crippen molar-refractivity contribution in [2.45, 2.75) is 6.92 Å². The molecule has 0 radical (unpaired) electrons. The minimum atomic E-state index is -0.657. The molecule has 0 spiro atoms. The maximum absolute atomic E-state index is 11.5. The predicted octanol–water partition coefficient (Wildman–Crippen LogP) is 2.38. The Kier molecular flexibility index (Phi) is 4.67. The fourth-order valence-electron chi connectivity index (χ4n) is 1.27. The number of nitrogens with zero attached hydrogens (tertiary/aromatic N) is 1. The highest BCUT2D eigenvalue weighted by molar-refractivity contribution is 14.1. The number of rotatable bonds is 4. The number of halogens is 1. The van der Waals surface area contributed by atoms with Crippen molar-refractivity contribution in [2.75, 3.05) is 13.7 Å². The van der Waals surface area contributed by atoms with Crippen molar-refractivity contribution < 1.29 is 19.2 Å². The molecule has 0 fully saturated rings. The molecule has 0 saturated heterocycles. The standard InChI is InChI=1S/C10H10INO5/c1-3-17-9-7(10(13)16-2)4-6(11)5-8(9)12(14)15/h4-5H,3H2,1-2H3. The van der Waals surface area contributed by atoms with Gasteiger partial charge in [-0.15, -0.1) is 0 Å². The number of carbonyl (C=O) groups excluding carboxylic acids is 1. The highest BCUT2D eigenvalue weighted by atomic mass is 127. The van der Waals surface area contributed by atoms with Gasteiger partial charge in [0, 0.05) is 9.64 Å². The van der Waals surface area contributed by atoms with Gasteiger partial charge in [-0.3, -0.25) is 10.1 Å². The molecule has 92 valence electrons. The minimum Gasteiger partial charge on any atom is -0.487 e. The Labute approximate surface area is 111 Å². The van der Waals surface area contributed by atoms with Gasteiger partial charge in [0.1, 0.15) is 5.56 Å². The average Bonchev–Trinajstić information content (AvgIpc) is 2.29. The highest BCUT2D eigenvalue weighted by Crippen LogP contribution is 2.33. The third kappa shape index (κ3) is 3.05. The summed E-state index contributed by atoms with van der Waals surface area (Å²) in [6, 6.07) is 2.84. The molecule has 0 atom stereocenters. The summed E-state index contributed by atoms with van der Waals surface area (Å²) in [5.74, 6) is -0.708. The minimum absolute atomic E-state index is 0.0511. The first-order valence-corrected chi connectivity index (χ1v) is 5.78. The van der Waals surface area contributed by atoms with Crippen molar-refractivity contribution in [2.24, 2.45) is 0 Å². The Balaban J connectivity index is 3.45. The van der Waals surface area contributed by atoms with E-state index in [1.54, 1.807) is 6.92 Å². The summed E-state index contributed by atoms with van der Waals surface area (Å²) in [6.07, 6.45) is 0. The van der Waals surface area contributed by atoms with Crippen LogP contribution in [0.3, 0.4) is 0 Å². The van der Waals surface area contributed by atoms with Gasteiger partial charge in [0.05, 0.1) is 18.6 Å². The van der Waals surface area contributed by atoms with E-state index in [2.05, 4.69) is 4.74 Å². The molecule has 0 saturated carbocycles. The molecule has 1 aromatic rings. The molecule has 0 aromatic heterocycles. The van der Waals surface area contributed by atoms with Gasteiger partial charge in [0.25, 0.3) is 0 Å². The SMILES string of the molecule is CCOc1c(C(=O)OC)cc(I)cc1[N+](=O)[O-]. The Hall–Kier alpha value is -1.38. The maximum Gasteiger partial charge on any atom is 0.341 e. The van der Waals surface area contributed by atoms with Crippen LogP contribution in [0, 0.1) is 13.7 Å². The highest BCUT2D eigenvalue weighted by Gasteiger charge is 2.25. The van der Waals surface area contributed by atoms with E-state index < -0.39 is 10.9 Å². The lowest BCUT2D eigenvalue weighted by Gasteiger charge is -2.09. The van der Waals surface area contributed by atoms with E-state index in [1.165, 1.54) is 19.2 Å². The van der Waals surface area contributed by atoms with Gasteiger partial charge in [-0.1, -0.05) is 0 Å². The van der Waals surface area contributed by atoms with Gasteiger partial charge in [-0.2, -0.15) is 0 Å². The normalized spacial score (nSPS) is 9.82. The molecule has 0 heterocycles. The molecule has 0 N–H and O–H groups in total. The lowest BCUT2D eigenvalue weighted by atomic mass is 10.1. The van der Waals surface area contributed by atoms with E-state index in [4.69, 9.17) is 4.74 Å². The quantitative estimate of drug-likeness (QED) is 0.360. The van der Waals surface area contributed by atoms with Crippen LogP contribution in [0.5, 0.6) is 5.75 Å². The van der Waals surface area contributed by atoms with E-state index >= 15 is 0 Å². The number of ether oxygens (including phenoxy) is 2. The second kappa shape index (κ2) is 5.80. The summed E-state index contributed by atoms with van der Waals surface area (Å²) in [6.45, 7) is 1.91. The summed E-state index contributed by atoms with van der Waals surface area (Å²) >= 11 is 1.89. The van der Waals surface area contributed by atoms with Crippen LogP contribution in [0.2, 0.25) is 0 Å². The first-order valence-electron chi connectivity index (χ1n) is 4.70. The Morgan fingerprint density at radius 1 is 1.53 bits per heavy atom. The van der Waals surface area contributed by atoms with Crippen LogP contribution in [-0.4, -0.2) is 24.6 Å². The van der Waals surface area contributed by atoms with Crippen LogP contribution in [0.4, 0.5) is 5.69 Å². The second-order valence-electron chi connectivity index (χ2n) is 2.98. The third-order valence-electron chi connectivity index (χ3n) is 1.92. The smallest absolute Gasteiger partial charge is 0.341 e. The van der Waals surface area contributed by atoms with Gasteiger partial charge in [0.15, 0.2) is 0 Å². The first kappa shape index (κ1) is 13.7. The number of hydrogen-bond donors (Lipinski definition) is 0. The number of nitro groups is 1. The molecule has 7 heteroatoms. The summed E-state index contributed by atoms with van der Waals surface area (Å²) in [5.41, 5.74) is -0.174. The Morgan fingerprint density at radius 2 is 2.18 bits per heavy atom. The first-order chi connectivity index (χ1) is 8.01. The summed E-state index contributed by atoms with van der Waals surface area (Å²) in [4.78, 5) is 21.8. The van der Waals surface area contributed by atoms with Gasteiger partial charge in [-0.25, -0.2) is 4.79 Å². The fraction of sp³-hybridized carbons (Fsp3) is 0.300. The van der Waals surface area contributed by atoms with Crippen molar-refractivity contribution in [1.29, 1.82) is 0 Å².